The largest absolute Gasteiger partial charge is 0.508 e. The SMILES string of the molecule is CCCCCCCCCCCCCCCCCCc1cccc(O)c1CCCCCCCC. The fourth-order valence-corrected chi connectivity index (χ4v) is 5.09. The molecule has 0 aromatic heterocycles. The summed E-state index contributed by atoms with van der Waals surface area (Å²) in [6.45, 7) is 4.57. The van der Waals surface area contributed by atoms with Crippen LogP contribution in [0.4, 0.5) is 0 Å². The van der Waals surface area contributed by atoms with E-state index in [4.69, 9.17) is 0 Å². The Morgan fingerprint density at radius 1 is 0.455 bits per heavy atom. The summed E-state index contributed by atoms with van der Waals surface area (Å²) in [5, 5.41) is 10.4. The first kappa shape index (κ1) is 30.1. The van der Waals surface area contributed by atoms with Crippen molar-refractivity contribution in [3.63, 3.8) is 0 Å². The quantitative estimate of drug-likeness (QED) is 0.153. The molecule has 0 aliphatic rings. The lowest BCUT2D eigenvalue weighted by molar-refractivity contribution is 0.464. The van der Waals surface area contributed by atoms with E-state index in [1.165, 1.54) is 152 Å². The van der Waals surface area contributed by atoms with Crippen molar-refractivity contribution in [3.05, 3.63) is 29.3 Å². The molecular formula is C32H58O. The maximum atomic E-state index is 10.4. The van der Waals surface area contributed by atoms with Crippen LogP contribution in [0.25, 0.3) is 0 Å². The second-order valence-corrected chi connectivity index (χ2v) is 10.5. The number of hydrogen-bond acceptors (Lipinski definition) is 1. The standard InChI is InChI=1S/C32H58O/c1-3-5-7-9-11-12-13-14-15-16-17-18-19-20-21-23-26-30-27-25-29-32(33)31(30)28-24-22-10-8-6-4-2/h25,27,29,33H,3-24,26,28H2,1-2H3. The molecule has 0 fully saturated rings. The minimum Gasteiger partial charge on any atom is -0.508 e. The number of rotatable bonds is 24. The van der Waals surface area contributed by atoms with E-state index < -0.39 is 0 Å². The molecule has 1 aromatic rings. The number of hydrogen-bond donors (Lipinski definition) is 1. The van der Waals surface area contributed by atoms with Crippen LogP contribution in [0.1, 0.15) is 166 Å². The van der Waals surface area contributed by atoms with E-state index >= 15 is 0 Å². The fourth-order valence-electron chi connectivity index (χ4n) is 5.09. The van der Waals surface area contributed by atoms with Crippen LogP contribution in [-0.4, -0.2) is 5.11 Å². The second-order valence-electron chi connectivity index (χ2n) is 10.5. The highest BCUT2D eigenvalue weighted by Crippen LogP contribution is 2.25. The molecule has 0 aliphatic carbocycles. The Bertz CT molecular complexity index is 535. The zero-order valence-corrected chi connectivity index (χ0v) is 22.6. The summed E-state index contributed by atoms with van der Waals surface area (Å²) < 4.78 is 0. The molecular weight excluding hydrogens is 400 g/mol. The van der Waals surface area contributed by atoms with Crippen molar-refractivity contribution in [3.8, 4) is 5.75 Å². The molecule has 0 spiro atoms. The Labute approximate surface area is 208 Å². The van der Waals surface area contributed by atoms with Crippen molar-refractivity contribution in [2.24, 2.45) is 0 Å². The molecule has 1 rings (SSSR count). The van der Waals surface area contributed by atoms with Gasteiger partial charge < -0.3 is 5.11 Å². The molecule has 0 amide bonds. The average Bonchev–Trinajstić information content (AvgIpc) is 2.82. The van der Waals surface area contributed by atoms with E-state index in [0.717, 1.165) is 12.8 Å². The van der Waals surface area contributed by atoms with Crippen LogP contribution in [0.2, 0.25) is 0 Å². The molecule has 1 heteroatoms. The highest BCUT2D eigenvalue weighted by molar-refractivity contribution is 5.39. The summed E-state index contributed by atoms with van der Waals surface area (Å²) in [5.41, 5.74) is 2.63. The minimum absolute atomic E-state index is 0.526. The zero-order chi connectivity index (χ0) is 23.8. The van der Waals surface area contributed by atoms with Crippen LogP contribution in [0, 0.1) is 0 Å². The fraction of sp³-hybridized carbons (Fsp3) is 0.812. The van der Waals surface area contributed by atoms with Crippen molar-refractivity contribution in [2.45, 2.75) is 168 Å². The second kappa shape index (κ2) is 22.8. The third kappa shape index (κ3) is 17.2. The number of phenolic OH excluding ortho intramolecular Hbond substituents is 1. The Balaban J connectivity index is 1.99. The first-order valence-corrected chi connectivity index (χ1v) is 15.1. The first-order valence-electron chi connectivity index (χ1n) is 15.1. The number of aryl methyl sites for hydroxylation is 1. The molecule has 0 heterocycles. The number of benzene rings is 1. The predicted molar refractivity (Wildman–Crippen MR) is 148 cm³/mol. The molecule has 0 radical (unpaired) electrons. The Kier molecular flexibility index (Phi) is 20.8. The summed E-state index contributed by atoms with van der Waals surface area (Å²) in [6.07, 6.45) is 32.8. The van der Waals surface area contributed by atoms with Gasteiger partial charge in [0.05, 0.1) is 0 Å². The zero-order valence-electron chi connectivity index (χ0n) is 22.6. The lowest BCUT2D eigenvalue weighted by atomic mass is 9.95. The number of aromatic hydroxyl groups is 1. The average molecular weight is 459 g/mol. The van der Waals surface area contributed by atoms with Crippen molar-refractivity contribution in [1.29, 1.82) is 0 Å². The molecule has 0 unspecified atom stereocenters. The van der Waals surface area contributed by atoms with Crippen LogP contribution >= 0.6 is 0 Å². The van der Waals surface area contributed by atoms with Crippen molar-refractivity contribution >= 4 is 0 Å². The summed E-state index contributed by atoms with van der Waals surface area (Å²) in [7, 11) is 0. The molecule has 1 aromatic carbocycles. The van der Waals surface area contributed by atoms with Gasteiger partial charge in [-0.1, -0.05) is 154 Å². The summed E-state index contributed by atoms with van der Waals surface area (Å²) in [5.74, 6) is 0.526. The van der Waals surface area contributed by atoms with Gasteiger partial charge in [0.25, 0.3) is 0 Å². The molecule has 0 saturated carbocycles. The normalized spacial score (nSPS) is 11.3. The van der Waals surface area contributed by atoms with E-state index in [-0.39, 0.29) is 0 Å². The van der Waals surface area contributed by atoms with Gasteiger partial charge in [-0.2, -0.15) is 0 Å². The molecule has 192 valence electrons. The molecule has 0 bridgehead atoms. The van der Waals surface area contributed by atoms with Gasteiger partial charge in [-0.25, -0.2) is 0 Å². The van der Waals surface area contributed by atoms with Crippen molar-refractivity contribution < 1.29 is 5.11 Å². The van der Waals surface area contributed by atoms with Gasteiger partial charge in [0.2, 0.25) is 0 Å². The monoisotopic (exact) mass is 458 g/mol. The van der Waals surface area contributed by atoms with Crippen LogP contribution < -0.4 is 0 Å². The maximum Gasteiger partial charge on any atom is 0.119 e. The van der Waals surface area contributed by atoms with Gasteiger partial charge >= 0.3 is 0 Å². The molecule has 33 heavy (non-hydrogen) atoms. The summed E-state index contributed by atoms with van der Waals surface area (Å²) in [4.78, 5) is 0. The maximum absolute atomic E-state index is 10.4. The first-order chi connectivity index (χ1) is 16.3. The van der Waals surface area contributed by atoms with Gasteiger partial charge in [-0.05, 0) is 42.9 Å². The molecule has 0 atom stereocenters. The number of unbranched alkanes of at least 4 members (excludes halogenated alkanes) is 20. The Morgan fingerprint density at radius 2 is 0.818 bits per heavy atom. The molecule has 0 saturated heterocycles. The van der Waals surface area contributed by atoms with Gasteiger partial charge in [0.15, 0.2) is 0 Å². The highest BCUT2D eigenvalue weighted by Gasteiger charge is 2.07. The van der Waals surface area contributed by atoms with Crippen molar-refractivity contribution in [1.82, 2.24) is 0 Å². The lowest BCUT2D eigenvalue weighted by Crippen LogP contribution is -1.96. The Hall–Kier alpha value is -0.980. The third-order valence-electron chi connectivity index (χ3n) is 7.33. The van der Waals surface area contributed by atoms with Crippen LogP contribution in [0.5, 0.6) is 5.75 Å². The van der Waals surface area contributed by atoms with Gasteiger partial charge in [0, 0.05) is 0 Å². The van der Waals surface area contributed by atoms with Crippen molar-refractivity contribution in [2.75, 3.05) is 0 Å². The van der Waals surface area contributed by atoms with Crippen LogP contribution in [0.3, 0.4) is 0 Å². The highest BCUT2D eigenvalue weighted by atomic mass is 16.3. The Morgan fingerprint density at radius 3 is 1.24 bits per heavy atom. The van der Waals surface area contributed by atoms with E-state index in [2.05, 4.69) is 19.9 Å². The minimum atomic E-state index is 0.526. The summed E-state index contributed by atoms with van der Waals surface area (Å²) in [6, 6.07) is 6.16. The molecule has 0 aliphatic heterocycles. The molecule has 1 N–H and O–H groups in total. The van der Waals surface area contributed by atoms with Gasteiger partial charge in [-0.3, -0.25) is 0 Å². The number of phenols is 1. The van der Waals surface area contributed by atoms with E-state index in [0.29, 0.717) is 5.75 Å². The van der Waals surface area contributed by atoms with E-state index in [1.807, 2.05) is 12.1 Å². The van der Waals surface area contributed by atoms with E-state index in [9.17, 15) is 5.11 Å². The predicted octanol–water partition coefficient (Wildman–Crippen LogP) is 11.1. The smallest absolute Gasteiger partial charge is 0.119 e. The van der Waals surface area contributed by atoms with Gasteiger partial charge in [0.1, 0.15) is 5.75 Å². The molecule has 1 nitrogen and oxygen atoms in total. The van der Waals surface area contributed by atoms with E-state index in [1.54, 1.807) is 0 Å². The summed E-state index contributed by atoms with van der Waals surface area (Å²) >= 11 is 0. The lowest BCUT2D eigenvalue weighted by Gasteiger charge is -2.12. The third-order valence-corrected chi connectivity index (χ3v) is 7.33. The van der Waals surface area contributed by atoms with Gasteiger partial charge in [-0.15, -0.1) is 0 Å². The van der Waals surface area contributed by atoms with Crippen LogP contribution in [0.15, 0.2) is 18.2 Å². The van der Waals surface area contributed by atoms with Crippen LogP contribution in [-0.2, 0) is 12.8 Å². The topological polar surface area (TPSA) is 20.2 Å².